The first-order valence-corrected chi connectivity index (χ1v) is 10.7. The van der Waals surface area contributed by atoms with E-state index in [1.807, 2.05) is 54.4 Å². The minimum Gasteiger partial charge on any atom is -0.335 e. The number of hydrogen-bond donors (Lipinski definition) is 0. The van der Waals surface area contributed by atoms with Crippen molar-refractivity contribution in [2.75, 3.05) is 6.54 Å². The van der Waals surface area contributed by atoms with Crippen LogP contribution in [0.4, 0.5) is 0 Å². The summed E-state index contributed by atoms with van der Waals surface area (Å²) in [5, 5.41) is 21.3. The molecule has 1 fully saturated rings. The summed E-state index contributed by atoms with van der Waals surface area (Å²) < 4.78 is 1.75. The molecule has 2 atom stereocenters. The molecule has 1 amide bonds. The van der Waals surface area contributed by atoms with E-state index >= 15 is 0 Å². The van der Waals surface area contributed by atoms with Gasteiger partial charge in [0.25, 0.3) is 5.91 Å². The van der Waals surface area contributed by atoms with Gasteiger partial charge >= 0.3 is 0 Å². The fourth-order valence-corrected chi connectivity index (χ4v) is 4.38. The predicted octanol–water partition coefficient (Wildman–Crippen LogP) is 3.72. The molecule has 4 rings (SSSR count). The largest absolute Gasteiger partial charge is 0.335 e. The Balaban J connectivity index is 1.58. The number of hydrogen-bond acceptors (Lipinski definition) is 5. The van der Waals surface area contributed by atoms with Gasteiger partial charge in [-0.25, -0.2) is 4.68 Å². The van der Waals surface area contributed by atoms with Crippen LogP contribution in [0.2, 0.25) is 0 Å². The summed E-state index contributed by atoms with van der Waals surface area (Å²) in [4.78, 5) is 15.8. The number of nitriles is 1. The first-order chi connectivity index (χ1) is 15.1. The maximum atomic E-state index is 13.7. The van der Waals surface area contributed by atoms with Crippen molar-refractivity contribution in [3.05, 3.63) is 71.3 Å². The van der Waals surface area contributed by atoms with E-state index in [4.69, 9.17) is 5.26 Å². The zero-order chi connectivity index (χ0) is 21.8. The van der Waals surface area contributed by atoms with Crippen molar-refractivity contribution in [1.29, 1.82) is 5.26 Å². The topological polar surface area (TPSA) is 87.7 Å². The van der Waals surface area contributed by atoms with E-state index in [9.17, 15) is 4.79 Å². The molecule has 1 aliphatic rings. The average molecular weight is 415 g/mol. The Kier molecular flexibility index (Phi) is 6.08. The van der Waals surface area contributed by atoms with Crippen LogP contribution >= 0.6 is 0 Å². The third-order valence-corrected chi connectivity index (χ3v) is 6.04. The molecule has 0 radical (unpaired) electrons. The van der Waals surface area contributed by atoms with Gasteiger partial charge < -0.3 is 4.90 Å². The summed E-state index contributed by atoms with van der Waals surface area (Å²) in [6.45, 7) is 4.97. The molecule has 7 heteroatoms. The van der Waals surface area contributed by atoms with Crippen molar-refractivity contribution >= 4 is 5.91 Å². The average Bonchev–Trinajstić information content (AvgIpc) is 3.32. The van der Waals surface area contributed by atoms with Gasteiger partial charge in [-0.1, -0.05) is 18.6 Å². The number of rotatable bonds is 5. The zero-order valence-electron chi connectivity index (χ0n) is 17.9. The smallest absolute Gasteiger partial charge is 0.256 e. The highest BCUT2D eigenvalue weighted by atomic mass is 16.2. The molecule has 0 saturated carbocycles. The van der Waals surface area contributed by atoms with E-state index in [-0.39, 0.29) is 11.9 Å². The molecule has 1 unspecified atom stereocenters. The van der Waals surface area contributed by atoms with E-state index in [1.54, 1.807) is 16.9 Å². The van der Waals surface area contributed by atoms with Crippen molar-refractivity contribution in [3.8, 4) is 11.8 Å². The molecule has 3 aromatic rings. The van der Waals surface area contributed by atoms with Crippen LogP contribution in [-0.2, 0) is 6.42 Å². The molecule has 0 N–H and O–H groups in total. The van der Waals surface area contributed by atoms with Crippen molar-refractivity contribution in [1.82, 2.24) is 24.9 Å². The Morgan fingerprint density at radius 2 is 2.13 bits per heavy atom. The highest BCUT2D eigenvalue weighted by Gasteiger charge is 2.33. The van der Waals surface area contributed by atoms with Crippen molar-refractivity contribution in [2.45, 2.75) is 45.6 Å². The standard InChI is InChI=1S/C24H26N6O/c1-17-6-10-23(30-14-4-12-26-30)21(15-17)24(31)29-13-3-5-18(2)22(29)11-9-19-7-8-20(16-25)28-27-19/h4,6-8,10,12,14-15,18,22H,3,5,9,11,13H2,1-2H3/t18-,22?/m1/s1. The number of aryl methyl sites for hydroxylation is 2. The van der Waals surface area contributed by atoms with E-state index in [2.05, 4.69) is 22.2 Å². The monoisotopic (exact) mass is 414 g/mol. The second-order valence-corrected chi connectivity index (χ2v) is 8.22. The lowest BCUT2D eigenvalue weighted by molar-refractivity contribution is 0.0498. The van der Waals surface area contributed by atoms with Gasteiger partial charge in [-0.15, -0.1) is 5.10 Å². The van der Waals surface area contributed by atoms with Crippen LogP contribution in [0.5, 0.6) is 0 Å². The molecule has 31 heavy (non-hydrogen) atoms. The molecule has 0 aliphatic carbocycles. The minimum atomic E-state index is 0.0525. The summed E-state index contributed by atoms with van der Waals surface area (Å²) in [5.74, 6) is 0.457. The molecule has 0 spiro atoms. The van der Waals surface area contributed by atoms with Crippen LogP contribution in [0, 0.1) is 24.2 Å². The summed E-state index contributed by atoms with van der Waals surface area (Å²) in [7, 11) is 0. The molecule has 3 heterocycles. The van der Waals surface area contributed by atoms with Gasteiger partial charge in [0.2, 0.25) is 0 Å². The first kappa shape index (κ1) is 20.7. The Morgan fingerprint density at radius 1 is 1.26 bits per heavy atom. The summed E-state index contributed by atoms with van der Waals surface area (Å²) >= 11 is 0. The molecule has 1 saturated heterocycles. The van der Waals surface area contributed by atoms with Crippen LogP contribution in [0.15, 0.2) is 48.8 Å². The molecule has 1 aliphatic heterocycles. The van der Waals surface area contributed by atoms with Crippen LogP contribution in [0.1, 0.15) is 53.5 Å². The number of nitrogens with zero attached hydrogens (tertiary/aromatic N) is 6. The fraction of sp³-hybridized carbons (Fsp3) is 0.375. The molecular formula is C24H26N6O. The van der Waals surface area contributed by atoms with Gasteiger partial charge in [-0.2, -0.15) is 15.5 Å². The summed E-state index contributed by atoms with van der Waals surface area (Å²) in [6, 6.07) is 13.5. The Bertz CT molecular complexity index is 1080. The highest BCUT2D eigenvalue weighted by Crippen LogP contribution is 2.29. The lowest BCUT2D eigenvalue weighted by atomic mass is 9.86. The maximum absolute atomic E-state index is 13.7. The van der Waals surface area contributed by atoms with E-state index in [0.29, 0.717) is 17.2 Å². The predicted molar refractivity (Wildman–Crippen MR) is 117 cm³/mol. The molecule has 7 nitrogen and oxygen atoms in total. The number of benzene rings is 1. The molecule has 1 aromatic carbocycles. The lowest BCUT2D eigenvalue weighted by Crippen LogP contribution is -2.48. The third kappa shape index (κ3) is 4.48. The van der Waals surface area contributed by atoms with Crippen LogP contribution in [0.25, 0.3) is 5.69 Å². The van der Waals surface area contributed by atoms with Gasteiger partial charge in [0.1, 0.15) is 6.07 Å². The molecular weight excluding hydrogens is 388 g/mol. The minimum absolute atomic E-state index is 0.0525. The second kappa shape index (κ2) is 9.09. The van der Waals surface area contributed by atoms with E-state index in [0.717, 1.165) is 49.2 Å². The van der Waals surface area contributed by atoms with E-state index in [1.165, 1.54) is 0 Å². The number of aromatic nitrogens is 4. The molecule has 2 aromatic heterocycles. The van der Waals surface area contributed by atoms with Crippen LogP contribution < -0.4 is 0 Å². The second-order valence-electron chi connectivity index (χ2n) is 8.22. The summed E-state index contributed by atoms with van der Waals surface area (Å²) in [6.07, 6.45) is 7.23. The maximum Gasteiger partial charge on any atom is 0.256 e. The number of carbonyl (C=O) groups excluding carboxylic acids is 1. The van der Waals surface area contributed by atoms with Crippen LogP contribution in [0.3, 0.4) is 0 Å². The quantitative estimate of drug-likeness (QED) is 0.635. The highest BCUT2D eigenvalue weighted by molar-refractivity contribution is 5.98. The van der Waals surface area contributed by atoms with Crippen molar-refractivity contribution in [3.63, 3.8) is 0 Å². The van der Waals surface area contributed by atoms with E-state index < -0.39 is 0 Å². The number of piperidine rings is 1. The Labute approximate surface area is 182 Å². The SMILES string of the molecule is Cc1ccc(-n2cccn2)c(C(=O)N2CCC[C@@H](C)C2CCc2ccc(C#N)nn2)c1. The third-order valence-electron chi connectivity index (χ3n) is 6.04. The van der Waals surface area contributed by atoms with Crippen LogP contribution in [-0.4, -0.2) is 43.4 Å². The normalized spacial score (nSPS) is 18.5. The van der Waals surface area contributed by atoms with Gasteiger partial charge in [0.15, 0.2) is 5.69 Å². The molecule has 158 valence electrons. The van der Waals surface area contributed by atoms with Gasteiger partial charge in [0, 0.05) is 25.0 Å². The van der Waals surface area contributed by atoms with Gasteiger partial charge in [-0.3, -0.25) is 4.79 Å². The van der Waals surface area contributed by atoms with Crippen molar-refractivity contribution in [2.24, 2.45) is 5.92 Å². The number of amides is 1. The number of likely N-dealkylation sites (tertiary alicyclic amines) is 1. The Morgan fingerprint density at radius 3 is 2.84 bits per heavy atom. The fourth-order valence-electron chi connectivity index (χ4n) is 4.38. The Hall–Kier alpha value is -3.53. The van der Waals surface area contributed by atoms with Crippen molar-refractivity contribution < 1.29 is 4.79 Å². The lowest BCUT2D eigenvalue weighted by Gasteiger charge is -2.40. The van der Waals surface area contributed by atoms with Gasteiger partial charge in [-0.05, 0) is 68.9 Å². The van der Waals surface area contributed by atoms with Gasteiger partial charge in [0.05, 0.1) is 16.9 Å². The summed E-state index contributed by atoms with van der Waals surface area (Å²) in [5.41, 5.74) is 3.69. The molecule has 0 bridgehead atoms. The number of carbonyl (C=O) groups is 1. The zero-order valence-corrected chi connectivity index (χ0v) is 17.9. The first-order valence-electron chi connectivity index (χ1n) is 10.7.